The predicted molar refractivity (Wildman–Crippen MR) is 109 cm³/mol. The molecule has 0 radical (unpaired) electrons. The third-order valence-corrected chi connectivity index (χ3v) is 4.70. The minimum Gasteiger partial charge on any atom is -0.468 e. The van der Waals surface area contributed by atoms with Gasteiger partial charge in [0.15, 0.2) is 0 Å². The summed E-state index contributed by atoms with van der Waals surface area (Å²) in [5.41, 5.74) is 4.32. The molecule has 0 saturated carbocycles. The molecule has 29 heavy (non-hydrogen) atoms. The lowest BCUT2D eigenvalue weighted by Gasteiger charge is -2.17. The third kappa shape index (κ3) is 5.28. The first kappa shape index (κ1) is 20.2. The Morgan fingerprint density at radius 1 is 1.03 bits per heavy atom. The molecule has 1 atom stereocenters. The van der Waals surface area contributed by atoms with Crippen LogP contribution < -0.4 is 5.32 Å². The lowest BCUT2D eigenvalue weighted by molar-refractivity contribution is -0.143. The number of ether oxygens (including phenoxy) is 1. The van der Waals surface area contributed by atoms with Crippen LogP contribution in [0.2, 0.25) is 0 Å². The predicted octanol–water partition coefficient (Wildman–Crippen LogP) is 4.24. The average Bonchev–Trinajstić information content (AvgIpc) is 2.77. The molecule has 0 spiro atoms. The standard InChI is InChI=1S/C24H21FN2O2/c1-29-24(28)23(14-17-8-12-21(25)13-9-17)27-16-18-6-10-19(11-7-18)22-5-3-2-4-20(22)15-26/h2-13,23,27H,14,16H2,1H3. The minimum absolute atomic E-state index is 0.311. The number of hydrogen-bond donors (Lipinski definition) is 1. The normalized spacial score (nSPS) is 11.5. The Hall–Kier alpha value is -3.49. The van der Waals surface area contributed by atoms with Gasteiger partial charge in [0.05, 0.1) is 18.7 Å². The maximum absolute atomic E-state index is 13.1. The first-order valence-corrected chi connectivity index (χ1v) is 9.25. The molecule has 1 N–H and O–H groups in total. The third-order valence-electron chi connectivity index (χ3n) is 4.70. The molecule has 0 aliphatic carbocycles. The van der Waals surface area contributed by atoms with Crippen molar-refractivity contribution in [2.75, 3.05) is 7.11 Å². The average molecular weight is 388 g/mol. The molecule has 3 rings (SSSR count). The molecule has 0 aliphatic heterocycles. The van der Waals surface area contributed by atoms with Crippen molar-refractivity contribution in [1.82, 2.24) is 5.32 Å². The highest BCUT2D eigenvalue weighted by Crippen LogP contribution is 2.23. The van der Waals surface area contributed by atoms with Crippen molar-refractivity contribution in [3.63, 3.8) is 0 Å². The highest BCUT2D eigenvalue weighted by Gasteiger charge is 2.19. The fourth-order valence-corrected chi connectivity index (χ4v) is 3.11. The molecule has 3 aromatic rings. The van der Waals surface area contributed by atoms with Crippen LogP contribution in [0.5, 0.6) is 0 Å². The number of carbonyl (C=O) groups excluding carboxylic acids is 1. The van der Waals surface area contributed by atoms with Crippen molar-refractivity contribution >= 4 is 5.97 Å². The topological polar surface area (TPSA) is 62.1 Å². The Labute approximate surface area is 169 Å². The lowest BCUT2D eigenvalue weighted by Crippen LogP contribution is -2.39. The van der Waals surface area contributed by atoms with E-state index in [1.54, 1.807) is 18.2 Å². The Kier molecular flexibility index (Phi) is 6.72. The smallest absolute Gasteiger partial charge is 0.323 e. The van der Waals surface area contributed by atoms with Gasteiger partial charge in [-0.05, 0) is 46.9 Å². The monoisotopic (exact) mass is 388 g/mol. The van der Waals surface area contributed by atoms with Gasteiger partial charge in [-0.15, -0.1) is 0 Å². The number of methoxy groups -OCH3 is 1. The quantitative estimate of drug-likeness (QED) is 0.615. The Morgan fingerprint density at radius 3 is 2.34 bits per heavy atom. The van der Waals surface area contributed by atoms with Crippen LogP contribution in [0, 0.1) is 17.1 Å². The van der Waals surface area contributed by atoms with E-state index in [0.29, 0.717) is 18.5 Å². The van der Waals surface area contributed by atoms with E-state index in [4.69, 9.17) is 4.74 Å². The van der Waals surface area contributed by atoms with E-state index in [-0.39, 0.29) is 11.8 Å². The van der Waals surface area contributed by atoms with Gasteiger partial charge in [0.2, 0.25) is 0 Å². The van der Waals surface area contributed by atoms with Gasteiger partial charge < -0.3 is 10.1 Å². The number of rotatable bonds is 7. The van der Waals surface area contributed by atoms with E-state index < -0.39 is 6.04 Å². The summed E-state index contributed by atoms with van der Waals surface area (Å²) in [6, 6.07) is 23.0. The zero-order chi connectivity index (χ0) is 20.6. The first-order valence-electron chi connectivity index (χ1n) is 9.25. The Bertz CT molecular complexity index is 1010. The molecular weight excluding hydrogens is 367 g/mol. The fourth-order valence-electron chi connectivity index (χ4n) is 3.11. The second-order valence-corrected chi connectivity index (χ2v) is 6.64. The molecule has 146 valence electrons. The van der Waals surface area contributed by atoms with Crippen LogP contribution in [0.3, 0.4) is 0 Å². The van der Waals surface area contributed by atoms with Gasteiger partial charge in [0.1, 0.15) is 11.9 Å². The van der Waals surface area contributed by atoms with E-state index in [1.165, 1.54) is 19.2 Å². The van der Waals surface area contributed by atoms with E-state index in [9.17, 15) is 14.4 Å². The van der Waals surface area contributed by atoms with Crippen molar-refractivity contribution < 1.29 is 13.9 Å². The van der Waals surface area contributed by atoms with Crippen molar-refractivity contribution in [3.8, 4) is 17.2 Å². The van der Waals surface area contributed by atoms with Crippen LogP contribution in [0.25, 0.3) is 11.1 Å². The van der Waals surface area contributed by atoms with Crippen LogP contribution in [0.1, 0.15) is 16.7 Å². The lowest BCUT2D eigenvalue weighted by atomic mass is 9.99. The summed E-state index contributed by atoms with van der Waals surface area (Å²) < 4.78 is 18.0. The van der Waals surface area contributed by atoms with Crippen LogP contribution in [0.4, 0.5) is 4.39 Å². The molecule has 4 nitrogen and oxygen atoms in total. The molecule has 3 aromatic carbocycles. The number of benzene rings is 3. The van der Waals surface area contributed by atoms with E-state index in [2.05, 4.69) is 11.4 Å². The van der Waals surface area contributed by atoms with Gasteiger partial charge in [-0.25, -0.2) is 4.39 Å². The number of hydrogen-bond acceptors (Lipinski definition) is 4. The van der Waals surface area contributed by atoms with Gasteiger partial charge in [0.25, 0.3) is 0 Å². The molecule has 5 heteroatoms. The molecule has 0 amide bonds. The summed E-state index contributed by atoms with van der Waals surface area (Å²) in [5, 5.41) is 12.5. The summed E-state index contributed by atoms with van der Waals surface area (Å²) in [5.74, 6) is -0.678. The number of nitrogens with one attached hydrogen (secondary N) is 1. The van der Waals surface area contributed by atoms with Crippen molar-refractivity contribution in [2.24, 2.45) is 0 Å². The van der Waals surface area contributed by atoms with Crippen LogP contribution in [-0.2, 0) is 22.5 Å². The second-order valence-electron chi connectivity index (χ2n) is 6.64. The Balaban J connectivity index is 1.68. The van der Waals surface area contributed by atoms with E-state index in [0.717, 1.165) is 22.3 Å². The Morgan fingerprint density at radius 2 is 1.69 bits per heavy atom. The second kappa shape index (κ2) is 9.63. The number of carbonyl (C=O) groups is 1. The van der Waals surface area contributed by atoms with Crippen LogP contribution in [-0.4, -0.2) is 19.1 Å². The SMILES string of the molecule is COC(=O)C(Cc1ccc(F)cc1)NCc1ccc(-c2ccccc2C#N)cc1. The van der Waals surface area contributed by atoms with Crippen molar-refractivity contribution in [1.29, 1.82) is 5.26 Å². The van der Waals surface area contributed by atoms with E-state index >= 15 is 0 Å². The molecule has 0 saturated heterocycles. The van der Waals surface area contributed by atoms with Gasteiger partial charge in [-0.2, -0.15) is 5.26 Å². The molecule has 0 heterocycles. The van der Waals surface area contributed by atoms with Gasteiger partial charge in [-0.3, -0.25) is 4.79 Å². The highest BCUT2D eigenvalue weighted by atomic mass is 19.1. The zero-order valence-corrected chi connectivity index (χ0v) is 16.1. The van der Waals surface area contributed by atoms with Gasteiger partial charge in [0, 0.05) is 6.54 Å². The molecule has 0 bridgehead atoms. The van der Waals surface area contributed by atoms with Gasteiger partial charge >= 0.3 is 5.97 Å². The molecule has 0 aromatic heterocycles. The van der Waals surface area contributed by atoms with Gasteiger partial charge in [-0.1, -0.05) is 54.6 Å². The summed E-state index contributed by atoms with van der Waals surface area (Å²) >= 11 is 0. The summed E-state index contributed by atoms with van der Waals surface area (Å²) in [4.78, 5) is 12.1. The summed E-state index contributed by atoms with van der Waals surface area (Å²) in [7, 11) is 1.35. The van der Waals surface area contributed by atoms with E-state index in [1.807, 2.05) is 42.5 Å². The molecule has 0 aliphatic rings. The van der Waals surface area contributed by atoms with Crippen molar-refractivity contribution in [3.05, 3.63) is 95.3 Å². The van der Waals surface area contributed by atoms with Crippen molar-refractivity contribution in [2.45, 2.75) is 19.0 Å². The zero-order valence-electron chi connectivity index (χ0n) is 16.1. The highest BCUT2D eigenvalue weighted by molar-refractivity contribution is 5.76. The molecule has 1 unspecified atom stereocenters. The summed E-state index contributed by atoms with van der Waals surface area (Å²) in [6.07, 6.45) is 0.403. The van der Waals surface area contributed by atoms with Crippen LogP contribution in [0.15, 0.2) is 72.8 Å². The largest absolute Gasteiger partial charge is 0.468 e. The first-order chi connectivity index (χ1) is 14.1. The maximum Gasteiger partial charge on any atom is 0.323 e. The van der Waals surface area contributed by atoms with Crippen LogP contribution >= 0.6 is 0 Å². The summed E-state index contributed by atoms with van der Waals surface area (Å²) in [6.45, 7) is 0.473. The maximum atomic E-state index is 13.1. The number of esters is 1. The number of nitriles is 1. The molecular formula is C24H21FN2O2. The fraction of sp³-hybridized carbons (Fsp3) is 0.167. The minimum atomic E-state index is -0.538. The number of halogens is 1. The molecule has 0 fully saturated rings. The number of nitrogens with zero attached hydrogens (tertiary/aromatic N) is 1.